The van der Waals surface area contributed by atoms with Gasteiger partial charge in [0.15, 0.2) is 0 Å². The highest BCUT2D eigenvalue weighted by molar-refractivity contribution is 5.32. The van der Waals surface area contributed by atoms with Gasteiger partial charge in [0, 0.05) is 19.1 Å². The van der Waals surface area contributed by atoms with Crippen molar-refractivity contribution in [2.24, 2.45) is 0 Å². The standard InChI is InChI=1S/C13H20N4O3/c1-10-13(17(18)19)9-14-16(10)12-3-2-11(8-12)15-4-6-20-7-5-15/h9,11-12H,2-8H2,1H3/t11-,12-/m0/s1. The van der Waals surface area contributed by atoms with E-state index in [0.29, 0.717) is 11.7 Å². The van der Waals surface area contributed by atoms with Gasteiger partial charge in [-0.05, 0) is 26.2 Å². The Bertz CT molecular complexity index is 496. The SMILES string of the molecule is Cc1c([N+](=O)[O-])cnn1[C@H]1CC[C@H](N2CCOCC2)C1. The predicted molar refractivity (Wildman–Crippen MR) is 72.7 cm³/mol. The van der Waals surface area contributed by atoms with Crippen LogP contribution in [0.3, 0.4) is 0 Å². The van der Waals surface area contributed by atoms with Crippen molar-refractivity contribution in [1.29, 1.82) is 0 Å². The maximum Gasteiger partial charge on any atom is 0.309 e. The molecule has 1 aliphatic heterocycles. The second kappa shape index (κ2) is 5.49. The highest BCUT2D eigenvalue weighted by Crippen LogP contribution is 2.35. The molecular weight excluding hydrogens is 260 g/mol. The van der Waals surface area contributed by atoms with E-state index < -0.39 is 0 Å². The van der Waals surface area contributed by atoms with Gasteiger partial charge in [0.05, 0.1) is 24.2 Å². The lowest BCUT2D eigenvalue weighted by Crippen LogP contribution is -2.42. The number of morpholine rings is 1. The van der Waals surface area contributed by atoms with Crippen molar-refractivity contribution in [2.45, 2.75) is 38.3 Å². The Morgan fingerprint density at radius 1 is 1.35 bits per heavy atom. The number of nitrogens with zero attached hydrogens (tertiary/aromatic N) is 4. The van der Waals surface area contributed by atoms with Crippen LogP contribution < -0.4 is 0 Å². The monoisotopic (exact) mass is 280 g/mol. The molecule has 0 aromatic carbocycles. The fourth-order valence-corrected chi connectivity index (χ4v) is 3.39. The van der Waals surface area contributed by atoms with E-state index in [1.807, 2.05) is 4.68 Å². The molecule has 2 aliphatic rings. The number of ether oxygens (including phenoxy) is 1. The summed E-state index contributed by atoms with van der Waals surface area (Å²) in [5.74, 6) is 0. The van der Waals surface area contributed by atoms with Crippen molar-refractivity contribution < 1.29 is 9.66 Å². The van der Waals surface area contributed by atoms with E-state index in [2.05, 4.69) is 10.00 Å². The Labute approximate surface area is 117 Å². The third-order valence-electron chi connectivity index (χ3n) is 4.50. The molecule has 7 nitrogen and oxygen atoms in total. The highest BCUT2D eigenvalue weighted by Gasteiger charge is 2.33. The summed E-state index contributed by atoms with van der Waals surface area (Å²) in [7, 11) is 0. The molecule has 0 radical (unpaired) electrons. The summed E-state index contributed by atoms with van der Waals surface area (Å²) in [6.45, 7) is 5.40. The van der Waals surface area contributed by atoms with E-state index in [0.717, 1.165) is 45.6 Å². The lowest BCUT2D eigenvalue weighted by Gasteiger charge is -2.32. The van der Waals surface area contributed by atoms with Gasteiger partial charge in [-0.2, -0.15) is 5.10 Å². The summed E-state index contributed by atoms with van der Waals surface area (Å²) >= 11 is 0. The van der Waals surface area contributed by atoms with Gasteiger partial charge in [-0.3, -0.25) is 19.7 Å². The summed E-state index contributed by atoms with van der Waals surface area (Å²) in [6, 6.07) is 0.850. The quantitative estimate of drug-likeness (QED) is 0.620. The molecular formula is C13H20N4O3. The molecule has 1 saturated carbocycles. The molecule has 1 saturated heterocycles. The van der Waals surface area contributed by atoms with Crippen LogP contribution in [0, 0.1) is 17.0 Å². The second-order valence-electron chi connectivity index (χ2n) is 5.59. The summed E-state index contributed by atoms with van der Waals surface area (Å²) in [5, 5.41) is 15.1. The molecule has 1 aliphatic carbocycles. The van der Waals surface area contributed by atoms with Crippen LogP contribution in [0.15, 0.2) is 6.20 Å². The largest absolute Gasteiger partial charge is 0.379 e. The molecule has 0 bridgehead atoms. The number of hydrogen-bond donors (Lipinski definition) is 0. The van der Waals surface area contributed by atoms with Gasteiger partial charge in [-0.1, -0.05) is 0 Å². The van der Waals surface area contributed by atoms with Crippen LogP contribution in [0.5, 0.6) is 0 Å². The van der Waals surface area contributed by atoms with Crippen LogP contribution in [-0.4, -0.2) is 51.9 Å². The number of nitro groups is 1. The van der Waals surface area contributed by atoms with Crippen molar-refractivity contribution >= 4 is 5.69 Å². The van der Waals surface area contributed by atoms with E-state index >= 15 is 0 Å². The van der Waals surface area contributed by atoms with Gasteiger partial charge in [-0.15, -0.1) is 0 Å². The summed E-state index contributed by atoms with van der Waals surface area (Å²) in [4.78, 5) is 13.0. The van der Waals surface area contributed by atoms with Crippen LogP contribution in [0.4, 0.5) is 5.69 Å². The minimum absolute atomic E-state index is 0.125. The average Bonchev–Trinajstić information content (AvgIpc) is 3.06. The molecule has 0 unspecified atom stereocenters. The number of hydrogen-bond acceptors (Lipinski definition) is 5. The Morgan fingerprint density at radius 3 is 2.70 bits per heavy atom. The minimum Gasteiger partial charge on any atom is -0.379 e. The third kappa shape index (κ3) is 2.43. The molecule has 7 heteroatoms. The Kier molecular flexibility index (Phi) is 3.71. The fourth-order valence-electron chi connectivity index (χ4n) is 3.39. The van der Waals surface area contributed by atoms with Crippen LogP contribution in [0.1, 0.15) is 31.0 Å². The lowest BCUT2D eigenvalue weighted by atomic mass is 10.2. The highest BCUT2D eigenvalue weighted by atomic mass is 16.6. The lowest BCUT2D eigenvalue weighted by molar-refractivity contribution is -0.385. The topological polar surface area (TPSA) is 73.4 Å². The van der Waals surface area contributed by atoms with Crippen LogP contribution in [-0.2, 0) is 4.74 Å². The van der Waals surface area contributed by atoms with E-state index in [1.165, 1.54) is 6.20 Å². The molecule has 110 valence electrons. The summed E-state index contributed by atoms with van der Waals surface area (Å²) < 4.78 is 7.23. The first-order valence-corrected chi connectivity index (χ1v) is 7.17. The van der Waals surface area contributed by atoms with Crippen molar-refractivity contribution in [3.63, 3.8) is 0 Å². The average molecular weight is 280 g/mol. The second-order valence-corrected chi connectivity index (χ2v) is 5.59. The molecule has 0 N–H and O–H groups in total. The zero-order valence-corrected chi connectivity index (χ0v) is 11.7. The van der Waals surface area contributed by atoms with E-state index in [1.54, 1.807) is 6.92 Å². The van der Waals surface area contributed by atoms with Gasteiger partial charge in [0.25, 0.3) is 0 Å². The first-order valence-electron chi connectivity index (χ1n) is 7.17. The third-order valence-corrected chi connectivity index (χ3v) is 4.50. The van der Waals surface area contributed by atoms with Crippen LogP contribution in [0.2, 0.25) is 0 Å². The molecule has 2 atom stereocenters. The smallest absolute Gasteiger partial charge is 0.309 e. The minimum atomic E-state index is -0.354. The van der Waals surface area contributed by atoms with Gasteiger partial charge in [0.2, 0.25) is 0 Å². The van der Waals surface area contributed by atoms with Crippen molar-refractivity contribution in [2.75, 3.05) is 26.3 Å². The molecule has 20 heavy (non-hydrogen) atoms. The molecule has 1 aromatic heterocycles. The molecule has 2 fully saturated rings. The fraction of sp³-hybridized carbons (Fsp3) is 0.769. The van der Waals surface area contributed by atoms with Crippen molar-refractivity contribution in [3.8, 4) is 0 Å². The van der Waals surface area contributed by atoms with Crippen molar-refractivity contribution in [3.05, 3.63) is 22.0 Å². The van der Waals surface area contributed by atoms with E-state index in [4.69, 9.17) is 4.74 Å². The summed E-state index contributed by atoms with van der Waals surface area (Å²) in [6.07, 6.45) is 4.58. The maximum absolute atomic E-state index is 10.9. The molecule has 3 rings (SSSR count). The van der Waals surface area contributed by atoms with Gasteiger partial charge < -0.3 is 4.74 Å². The first kappa shape index (κ1) is 13.5. The van der Waals surface area contributed by atoms with Crippen LogP contribution >= 0.6 is 0 Å². The molecule has 2 heterocycles. The maximum atomic E-state index is 10.9. The normalized spacial score (nSPS) is 27.9. The summed E-state index contributed by atoms with van der Waals surface area (Å²) in [5.41, 5.74) is 0.794. The predicted octanol–water partition coefficient (Wildman–Crippen LogP) is 1.53. The Morgan fingerprint density at radius 2 is 2.05 bits per heavy atom. The van der Waals surface area contributed by atoms with Crippen LogP contribution in [0.25, 0.3) is 0 Å². The zero-order chi connectivity index (χ0) is 14.1. The van der Waals surface area contributed by atoms with Gasteiger partial charge >= 0.3 is 5.69 Å². The Balaban J connectivity index is 1.69. The molecule has 0 amide bonds. The molecule has 0 spiro atoms. The van der Waals surface area contributed by atoms with Crippen molar-refractivity contribution in [1.82, 2.24) is 14.7 Å². The molecule has 1 aromatic rings. The first-order chi connectivity index (χ1) is 9.66. The van der Waals surface area contributed by atoms with E-state index in [9.17, 15) is 10.1 Å². The van der Waals surface area contributed by atoms with E-state index in [-0.39, 0.29) is 16.7 Å². The number of aromatic nitrogens is 2. The zero-order valence-electron chi connectivity index (χ0n) is 11.7. The number of rotatable bonds is 3. The van der Waals surface area contributed by atoms with Gasteiger partial charge in [-0.25, -0.2) is 0 Å². The Hall–Kier alpha value is -1.47. The van der Waals surface area contributed by atoms with Gasteiger partial charge in [0.1, 0.15) is 11.9 Å².